The number of rotatable bonds is 4. The van der Waals surface area contributed by atoms with E-state index < -0.39 is 41.5 Å². The van der Waals surface area contributed by atoms with Gasteiger partial charge in [0.2, 0.25) is 0 Å². The van der Waals surface area contributed by atoms with Crippen molar-refractivity contribution in [1.82, 2.24) is 0 Å². The van der Waals surface area contributed by atoms with Crippen LogP contribution in [0.15, 0.2) is 18.2 Å². The lowest BCUT2D eigenvalue weighted by Crippen LogP contribution is -2.58. The van der Waals surface area contributed by atoms with E-state index in [1.165, 1.54) is 0 Å². The standard InChI is InChI=1S/C11H8F8N2O2/c12-7(11(17,18)19)9(13,14)10(15,16)8(23)21-5-1-4(20)2-6(22)3-5/h1-3,7,22H,20H2,(H,21,23). The number of benzene rings is 1. The molecule has 0 spiro atoms. The fraction of sp³-hybridized carbons (Fsp3) is 0.364. The summed E-state index contributed by atoms with van der Waals surface area (Å²) in [5.41, 5.74) is 4.21. The lowest BCUT2D eigenvalue weighted by Gasteiger charge is -2.28. The van der Waals surface area contributed by atoms with Crippen molar-refractivity contribution in [3.8, 4) is 5.75 Å². The summed E-state index contributed by atoms with van der Waals surface area (Å²) in [5.74, 6) is -15.9. The normalized spacial score (nSPS) is 14.4. The second kappa shape index (κ2) is 5.74. The first-order valence-electron chi connectivity index (χ1n) is 5.57. The van der Waals surface area contributed by atoms with E-state index in [1.807, 2.05) is 0 Å². The molecule has 23 heavy (non-hydrogen) atoms. The molecule has 0 bridgehead atoms. The summed E-state index contributed by atoms with van der Waals surface area (Å²) in [6, 6.07) is 2.27. The Morgan fingerprint density at radius 2 is 1.61 bits per heavy atom. The number of aromatic hydroxyl groups is 1. The third-order valence-electron chi connectivity index (χ3n) is 2.51. The minimum atomic E-state index is -6.35. The van der Waals surface area contributed by atoms with Crippen LogP contribution in [-0.4, -0.2) is 35.2 Å². The number of hydrogen-bond donors (Lipinski definition) is 3. The number of nitrogen functional groups attached to an aromatic ring is 1. The summed E-state index contributed by atoms with van der Waals surface area (Å²) in [7, 11) is 0. The monoisotopic (exact) mass is 352 g/mol. The van der Waals surface area contributed by atoms with Crippen molar-refractivity contribution in [3.63, 3.8) is 0 Å². The maximum absolute atomic E-state index is 13.3. The molecule has 1 atom stereocenters. The molecule has 1 amide bonds. The van der Waals surface area contributed by atoms with Crippen molar-refractivity contribution >= 4 is 17.3 Å². The highest BCUT2D eigenvalue weighted by atomic mass is 19.4. The van der Waals surface area contributed by atoms with Gasteiger partial charge in [-0.1, -0.05) is 0 Å². The highest BCUT2D eigenvalue weighted by Gasteiger charge is 2.72. The molecular weight excluding hydrogens is 344 g/mol. The molecule has 4 N–H and O–H groups in total. The van der Waals surface area contributed by atoms with E-state index in [0.717, 1.165) is 17.4 Å². The maximum Gasteiger partial charge on any atom is 0.425 e. The first-order valence-corrected chi connectivity index (χ1v) is 5.57. The van der Waals surface area contributed by atoms with Crippen LogP contribution in [0, 0.1) is 0 Å². The SMILES string of the molecule is Nc1cc(O)cc(NC(=O)C(F)(F)C(F)(F)C(F)C(F)(F)F)c1. The smallest absolute Gasteiger partial charge is 0.425 e. The largest absolute Gasteiger partial charge is 0.508 e. The topological polar surface area (TPSA) is 75.3 Å². The van der Waals surface area contributed by atoms with Gasteiger partial charge in [0.1, 0.15) is 5.75 Å². The lowest BCUT2D eigenvalue weighted by atomic mass is 10.1. The van der Waals surface area contributed by atoms with Gasteiger partial charge in [0.25, 0.3) is 6.17 Å². The minimum Gasteiger partial charge on any atom is -0.508 e. The predicted molar refractivity (Wildman–Crippen MR) is 62.0 cm³/mol. The summed E-state index contributed by atoms with van der Waals surface area (Å²) in [4.78, 5) is 11.1. The van der Waals surface area contributed by atoms with Crippen LogP contribution in [0.4, 0.5) is 46.5 Å². The predicted octanol–water partition coefficient (Wildman–Crippen LogP) is 3.08. The average molecular weight is 352 g/mol. The lowest BCUT2D eigenvalue weighted by molar-refractivity contribution is -0.295. The van der Waals surface area contributed by atoms with E-state index in [2.05, 4.69) is 0 Å². The summed E-state index contributed by atoms with van der Waals surface area (Å²) >= 11 is 0. The fourth-order valence-electron chi connectivity index (χ4n) is 1.43. The Bertz CT molecular complexity index is 582. The van der Waals surface area contributed by atoms with Gasteiger partial charge < -0.3 is 16.2 Å². The second-order valence-electron chi connectivity index (χ2n) is 4.37. The van der Waals surface area contributed by atoms with Crippen LogP contribution in [0.5, 0.6) is 5.75 Å². The van der Waals surface area contributed by atoms with E-state index in [4.69, 9.17) is 10.8 Å². The number of halogens is 8. The highest BCUT2D eigenvalue weighted by Crippen LogP contribution is 2.45. The highest BCUT2D eigenvalue weighted by molar-refractivity contribution is 5.97. The van der Waals surface area contributed by atoms with Gasteiger partial charge in [-0.3, -0.25) is 4.79 Å². The van der Waals surface area contributed by atoms with Crippen LogP contribution in [0.25, 0.3) is 0 Å². The van der Waals surface area contributed by atoms with Gasteiger partial charge in [-0.15, -0.1) is 0 Å². The first kappa shape index (κ1) is 18.8. The van der Waals surface area contributed by atoms with Gasteiger partial charge in [-0.05, 0) is 6.07 Å². The van der Waals surface area contributed by atoms with E-state index in [1.54, 1.807) is 0 Å². The van der Waals surface area contributed by atoms with Gasteiger partial charge in [-0.2, -0.15) is 30.7 Å². The Hall–Kier alpha value is -2.27. The summed E-state index contributed by atoms with van der Waals surface area (Å²) in [6.07, 6.45) is -11.6. The molecule has 0 saturated heterocycles. The van der Waals surface area contributed by atoms with Crippen LogP contribution in [0.2, 0.25) is 0 Å². The van der Waals surface area contributed by atoms with Crippen LogP contribution < -0.4 is 11.1 Å². The molecule has 0 saturated carbocycles. The zero-order chi connectivity index (χ0) is 18.2. The molecular formula is C11H8F8N2O2. The number of nitrogens with two attached hydrogens (primary N) is 1. The number of amides is 1. The molecule has 0 fully saturated rings. The Labute approximate surface area is 122 Å². The number of phenols is 1. The zero-order valence-electron chi connectivity index (χ0n) is 10.8. The molecule has 130 valence electrons. The molecule has 1 aromatic rings. The maximum atomic E-state index is 13.3. The molecule has 4 nitrogen and oxygen atoms in total. The van der Waals surface area contributed by atoms with E-state index in [9.17, 15) is 39.9 Å². The molecule has 12 heteroatoms. The quantitative estimate of drug-likeness (QED) is 0.576. The van der Waals surface area contributed by atoms with Crippen molar-refractivity contribution in [2.45, 2.75) is 24.2 Å². The van der Waals surface area contributed by atoms with Crippen molar-refractivity contribution in [3.05, 3.63) is 18.2 Å². The number of carbonyl (C=O) groups is 1. The molecule has 0 radical (unpaired) electrons. The zero-order valence-corrected chi connectivity index (χ0v) is 10.8. The molecule has 1 rings (SSSR count). The number of alkyl halides is 8. The molecule has 1 aromatic carbocycles. The molecule has 1 unspecified atom stereocenters. The third-order valence-corrected chi connectivity index (χ3v) is 2.51. The van der Waals surface area contributed by atoms with Gasteiger partial charge in [-0.25, -0.2) is 4.39 Å². The Morgan fingerprint density at radius 3 is 2.04 bits per heavy atom. The summed E-state index contributed by atoms with van der Waals surface area (Å²) in [5, 5.41) is 10.2. The van der Waals surface area contributed by atoms with E-state index >= 15 is 0 Å². The van der Waals surface area contributed by atoms with Crippen LogP contribution in [0.1, 0.15) is 0 Å². The van der Waals surface area contributed by atoms with Crippen LogP contribution in [0.3, 0.4) is 0 Å². The van der Waals surface area contributed by atoms with Gasteiger partial charge >= 0.3 is 23.9 Å². The number of carbonyl (C=O) groups excluding carboxylic acids is 1. The molecule has 0 aliphatic heterocycles. The fourth-order valence-corrected chi connectivity index (χ4v) is 1.43. The molecule has 0 heterocycles. The third kappa shape index (κ3) is 3.74. The minimum absolute atomic E-state index is 0.269. The van der Waals surface area contributed by atoms with Crippen molar-refractivity contribution in [1.29, 1.82) is 0 Å². The Kier molecular flexibility index (Phi) is 4.69. The van der Waals surface area contributed by atoms with Crippen molar-refractivity contribution in [2.75, 3.05) is 11.1 Å². The average Bonchev–Trinajstić information content (AvgIpc) is 2.34. The molecule has 0 aliphatic rings. The van der Waals surface area contributed by atoms with Crippen molar-refractivity contribution < 1.29 is 45.0 Å². The molecule has 0 aromatic heterocycles. The van der Waals surface area contributed by atoms with E-state index in [0.29, 0.717) is 6.07 Å². The molecule has 0 aliphatic carbocycles. The second-order valence-corrected chi connectivity index (χ2v) is 4.37. The Morgan fingerprint density at radius 1 is 1.09 bits per heavy atom. The van der Waals surface area contributed by atoms with Gasteiger partial charge in [0.15, 0.2) is 0 Å². The van der Waals surface area contributed by atoms with Gasteiger partial charge in [0, 0.05) is 23.5 Å². The summed E-state index contributed by atoms with van der Waals surface area (Å²) < 4.78 is 101. The number of phenolic OH excluding ortho intramolecular Hbond substituents is 1. The van der Waals surface area contributed by atoms with Crippen LogP contribution >= 0.6 is 0 Å². The Balaban J connectivity index is 3.09. The van der Waals surface area contributed by atoms with Crippen molar-refractivity contribution in [2.24, 2.45) is 0 Å². The van der Waals surface area contributed by atoms with Crippen LogP contribution in [-0.2, 0) is 4.79 Å². The van der Waals surface area contributed by atoms with Gasteiger partial charge in [0.05, 0.1) is 0 Å². The number of hydrogen-bond acceptors (Lipinski definition) is 3. The first-order chi connectivity index (χ1) is 10.2. The number of anilines is 2. The number of nitrogens with one attached hydrogen (secondary N) is 1. The van der Waals surface area contributed by atoms with E-state index in [-0.39, 0.29) is 5.69 Å². The summed E-state index contributed by atoms with van der Waals surface area (Å²) in [6.45, 7) is 0.